The van der Waals surface area contributed by atoms with Crippen molar-refractivity contribution in [3.05, 3.63) is 142 Å². The zero-order chi connectivity index (χ0) is 24.7. The highest BCUT2D eigenvalue weighted by molar-refractivity contribution is 9.10. The highest BCUT2D eigenvalue weighted by atomic mass is 79.9. The Morgan fingerprint density at radius 2 is 1.17 bits per heavy atom. The maximum Gasteiger partial charge on any atom is 0.328 e. The van der Waals surface area contributed by atoms with Crippen LogP contribution in [0.1, 0.15) is 22.3 Å². The second-order valence-corrected chi connectivity index (χ2v) is 9.05. The zero-order valence-corrected chi connectivity index (χ0v) is 20.9. The molecular weight excluding hydrogens is 502 g/mol. The number of carbonyl (C=O) groups excluding carboxylic acids is 2. The molecule has 4 aromatic rings. The molecule has 0 radical (unpaired) electrons. The molecule has 176 valence electrons. The fourth-order valence-electron chi connectivity index (χ4n) is 4.44. The number of benzene rings is 4. The third kappa shape index (κ3) is 5.05. The van der Waals surface area contributed by atoms with Gasteiger partial charge in [-0.25, -0.2) is 4.79 Å². The highest BCUT2D eigenvalue weighted by Crippen LogP contribution is 2.39. The van der Waals surface area contributed by atoms with E-state index in [1.165, 1.54) is 7.11 Å². The first-order valence-electron chi connectivity index (χ1n) is 11.4. The lowest BCUT2D eigenvalue weighted by molar-refractivity contribution is -0.145. The van der Waals surface area contributed by atoms with Gasteiger partial charge in [-0.2, -0.15) is 0 Å². The van der Waals surface area contributed by atoms with E-state index < -0.39 is 17.4 Å². The number of hydrogen-bond acceptors (Lipinski definition) is 3. The Morgan fingerprint density at radius 1 is 0.743 bits per heavy atom. The predicted octanol–water partition coefficient (Wildman–Crippen LogP) is 5.68. The summed E-state index contributed by atoms with van der Waals surface area (Å²) in [6.45, 7) is 0. The minimum Gasteiger partial charge on any atom is -0.467 e. The summed E-state index contributed by atoms with van der Waals surface area (Å²) < 4.78 is 5.95. The molecule has 0 spiro atoms. The molecule has 1 atom stereocenters. The molecule has 35 heavy (non-hydrogen) atoms. The van der Waals surface area contributed by atoms with Gasteiger partial charge >= 0.3 is 5.97 Å². The molecule has 0 saturated heterocycles. The molecule has 0 aliphatic rings. The lowest BCUT2D eigenvalue weighted by Gasteiger charge is -2.35. The van der Waals surface area contributed by atoms with Crippen molar-refractivity contribution in [2.24, 2.45) is 0 Å². The van der Waals surface area contributed by atoms with Crippen molar-refractivity contribution >= 4 is 27.8 Å². The Morgan fingerprint density at radius 3 is 1.60 bits per heavy atom. The summed E-state index contributed by atoms with van der Waals surface area (Å²) >= 11 is 3.55. The van der Waals surface area contributed by atoms with Crippen LogP contribution in [0.3, 0.4) is 0 Å². The predicted molar refractivity (Wildman–Crippen MR) is 141 cm³/mol. The van der Waals surface area contributed by atoms with Crippen molar-refractivity contribution in [3.8, 4) is 0 Å². The Bertz CT molecular complexity index is 1180. The smallest absolute Gasteiger partial charge is 0.328 e. The summed E-state index contributed by atoms with van der Waals surface area (Å²) in [5, 5.41) is 3.05. The summed E-state index contributed by atoms with van der Waals surface area (Å²) in [6, 6.07) is 35.7. The molecule has 4 aromatic carbocycles. The van der Waals surface area contributed by atoms with Gasteiger partial charge in [-0.05, 0) is 28.3 Å². The number of amides is 1. The van der Waals surface area contributed by atoms with Gasteiger partial charge in [0.25, 0.3) is 0 Å². The van der Waals surface area contributed by atoms with E-state index in [1.54, 1.807) is 0 Å². The van der Waals surface area contributed by atoms with Gasteiger partial charge in [0.05, 0.1) is 7.11 Å². The van der Waals surface area contributed by atoms with Crippen LogP contribution >= 0.6 is 15.9 Å². The van der Waals surface area contributed by atoms with Gasteiger partial charge in [0.1, 0.15) is 11.5 Å². The molecule has 0 saturated carbocycles. The molecule has 0 fully saturated rings. The summed E-state index contributed by atoms with van der Waals surface area (Å²) in [7, 11) is 1.33. The van der Waals surface area contributed by atoms with Crippen LogP contribution in [0.2, 0.25) is 0 Å². The second kappa shape index (κ2) is 11.2. The minimum atomic E-state index is -1.18. The van der Waals surface area contributed by atoms with Gasteiger partial charge in [-0.15, -0.1) is 0 Å². The molecule has 4 nitrogen and oxygen atoms in total. The Balaban J connectivity index is 1.86. The quantitative estimate of drug-likeness (QED) is 0.236. The van der Waals surface area contributed by atoms with Crippen LogP contribution in [0.25, 0.3) is 0 Å². The summed E-state index contributed by atoms with van der Waals surface area (Å²) in [5.41, 5.74) is 2.13. The number of methoxy groups -OCH3 is 1. The molecule has 0 unspecified atom stereocenters. The van der Waals surface area contributed by atoms with Crippen molar-refractivity contribution in [2.45, 2.75) is 17.9 Å². The number of ether oxygens (including phenoxy) is 1. The van der Waals surface area contributed by atoms with E-state index >= 15 is 0 Å². The van der Waals surface area contributed by atoms with Crippen molar-refractivity contribution in [1.82, 2.24) is 5.32 Å². The Hall–Kier alpha value is -3.70. The van der Waals surface area contributed by atoms with Crippen molar-refractivity contribution in [1.29, 1.82) is 0 Å². The van der Waals surface area contributed by atoms with E-state index in [0.717, 1.165) is 26.7 Å². The maximum absolute atomic E-state index is 14.4. The fourth-order valence-corrected chi connectivity index (χ4v) is 4.89. The van der Waals surface area contributed by atoms with Crippen LogP contribution in [0, 0.1) is 0 Å². The van der Waals surface area contributed by atoms with Gasteiger partial charge in [0.15, 0.2) is 0 Å². The normalized spacial score (nSPS) is 11.9. The topological polar surface area (TPSA) is 55.4 Å². The van der Waals surface area contributed by atoms with Gasteiger partial charge in [0.2, 0.25) is 5.91 Å². The minimum absolute atomic E-state index is 0.286. The molecule has 0 aliphatic heterocycles. The van der Waals surface area contributed by atoms with Gasteiger partial charge in [-0.1, -0.05) is 125 Å². The molecule has 4 rings (SSSR count). The molecule has 0 aliphatic carbocycles. The number of nitrogens with one attached hydrogen (secondary N) is 1. The molecule has 0 bridgehead atoms. The van der Waals surface area contributed by atoms with E-state index in [2.05, 4.69) is 21.2 Å². The van der Waals surface area contributed by atoms with Crippen molar-refractivity contribution < 1.29 is 14.3 Å². The van der Waals surface area contributed by atoms with Crippen LogP contribution in [0.4, 0.5) is 0 Å². The maximum atomic E-state index is 14.4. The molecule has 1 amide bonds. The van der Waals surface area contributed by atoms with E-state index in [-0.39, 0.29) is 12.3 Å². The van der Waals surface area contributed by atoms with Crippen molar-refractivity contribution in [2.75, 3.05) is 7.11 Å². The third-order valence-electron chi connectivity index (χ3n) is 6.13. The number of hydrogen-bond donors (Lipinski definition) is 1. The Labute approximate surface area is 214 Å². The largest absolute Gasteiger partial charge is 0.467 e. The number of rotatable bonds is 8. The van der Waals surface area contributed by atoms with Gasteiger partial charge < -0.3 is 10.1 Å². The third-order valence-corrected chi connectivity index (χ3v) is 6.91. The van der Waals surface area contributed by atoms with Crippen molar-refractivity contribution in [3.63, 3.8) is 0 Å². The SMILES string of the molecule is COC(=O)[C@H](Cc1ccccc1Br)NC(=O)C(c1ccccc1)(c1ccccc1)c1ccccc1. The molecule has 5 heteroatoms. The van der Waals surface area contributed by atoms with E-state index in [4.69, 9.17) is 4.74 Å². The fraction of sp³-hybridized carbons (Fsp3) is 0.133. The summed E-state index contributed by atoms with van der Waals surface area (Å²) in [5.74, 6) is -0.805. The van der Waals surface area contributed by atoms with E-state index in [0.29, 0.717) is 0 Å². The number of carbonyl (C=O) groups is 2. The first-order chi connectivity index (χ1) is 17.1. The Kier molecular flexibility index (Phi) is 7.78. The molecule has 1 N–H and O–H groups in total. The second-order valence-electron chi connectivity index (χ2n) is 8.19. The number of halogens is 1. The summed E-state index contributed by atoms with van der Waals surface area (Å²) in [6.07, 6.45) is 0.286. The first kappa shape index (κ1) is 24.4. The highest BCUT2D eigenvalue weighted by Gasteiger charge is 2.45. The van der Waals surface area contributed by atoms with Crippen LogP contribution in [-0.2, 0) is 26.2 Å². The van der Waals surface area contributed by atoms with Gasteiger partial charge in [0, 0.05) is 10.9 Å². The molecular formula is C30H26BrNO3. The van der Waals surface area contributed by atoms with Crippen LogP contribution < -0.4 is 5.32 Å². The van der Waals surface area contributed by atoms with Crippen LogP contribution in [-0.4, -0.2) is 25.0 Å². The summed E-state index contributed by atoms with van der Waals surface area (Å²) in [4.78, 5) is 27.3. The van der Waals surface area contributed by atoms with Gasteiger partial charge in [-0.3, -0.25) is 4.79 Å². The van der Waals surface area contributed by atoms with Crippen LogP contribution in [0.5, 0.6) is 0 Å². The number of esters is 1. The first-order valence-corrected chi connectivity index (χ1v) is 12.2. The molecule has 0 heterocycles. The standard InChI is InChI=1S/C30H26BrNO3/c1-35-28(33)27(21-22-13-11-12-20-26(22)31)32-29(34)30(23-14-5-2-6-15-23,24-16-7-3-8-17-24)25-18-9-4-10-19-25/h2-20,27H,21H2,1H3,(H,32,34)/t27-/m0/s1. The van der Waals surface area contributed by atoms with E-state index in [9.17, 15) is 9.59 Å². The van der Waals surface area contributed by atoms with Crippen LogP contribution in [0.15, 0.2) is 120 Å². The molecule has 0 aromatic heterocycles. The lowest BCUT2D eigenvalue weighted by Crippen LogP contribution is -2.52. The monoisotopic (exact) mass is 527 g/mol. The zero-order valence-electron chi connectivity index (χ0n) is 19.4. The average Bonchev–Trinajstić information content (AvgIpc) is 2.91. The average molecular weight is 528 g/mol. The van der Waals surface area contributed by atoms with E-state index in [1.807, 2.05) is 115 Å². The lowest BCUT2D eigenvalue weighted by atomic mass is 9.68.